The first kappa shape index (κ1) is 10.9. The van der Waals surface area contributed by atoms with E-state index in [1.807, 2.05) is 5.38 Å². The van der Waals surface area contributed by atoms with Crippen LogP contribution in [0, 0.1) is 6.92 Å². The third-order valence-electron chi connectivity index (χ3n) is 2.49. The van der Waals surface area contributed by atoms with Gasteiger partial charge < -0.3 is 5.11 Å². The molecule has 0 spiro atoms. The molecule has 0 saturated carbocycles. The molecule has 0 saturated heterocycles. The number of hydrogen-bond acceptors (Lipinski definition) is 3. The van der Waals surface area contributed by atoms with Gasteiger partial charge in [-0.3, -0.25) is 0 Å². The smallest absolute Gasteiger partial charge is 0.0887 e. The van der Waals surface area contributed by atoms with Crippen molar-refractivity contribution in [2.45, 2.75) is 25.9 Å². The van der Waals surface area contributed by atoms with Crippen molar-refractivity contribution in [2.24, 2.45) is 0 Å². The lowest BCUT2D eigenvalue weighted by molar-refractivity contribution is 0.171. The maximum atomic E-state index is 10.0. The van der Waals surface area contributed by atoms with E-state index in [-0.39, 0.29) is 6.10 Å². The van der Waals surface area contributed by atoms with Gasteiger partial charge in [-0.2, -0.15) is 11.3 Å². The Hall–Kier alpha value is -0.640. The summed E-state index contributed by atoms with van der Waals surface area (Å²) in [5.41, 5.74) is 2.53. The first-order valence-electron chi connectivity index (χ1n) is 5.00. The second kappa shape index (κ2) is 4.92. The number of thiophene rings is 2. The molecule has 0 aromatic carbocycles. The van der Waals surface area contributed by atoms with Crippen molar-refractivity contribution in [3.63, 3.8) is 0 Å². The third-order valence-corrected chi connectivity index (χ3v) is 4.34. The normalized spacial score (nSPS) is 12.9. The minimum atomic E-state index is -0.301. The molecule has 2 aromatic heterocycles. The predicted molar refractivity (Wildman–Crippen MR) is 66.7 cm³/mol. The van der Waals surface area contributed by atoms with Gasteiger partial charge in [-0.15, -0.1) is 11.3 Å². The van der Waals surface area contributed by atoms with E-state index >= 15 is 0 Å². The zero-order valence-electron chi connectivity index (χ0n) is 8.64. The Kier molecular flexibility index (Phi) is 3.57. The van der Waals surface area contributed by atoms with Crippen LogP contribution in [0.5, 0.6) is 0 Å². The predicted octanol–water partition coefficient (Wildman–Crippen LogP) is 3.78. The minimum Gasteiger partial charge on any atom is -0.388 e. The summed E-state index contributed by atoms with van der Waals surface area (Å²) in [6.45, 7) is 2.06. The standard InChI is InChI=1S/C12H14OS2/c1-9-4-7-15-12(9)11(13)3-2-10-5-6-14-8-10/h4-8,11,13H,2-3H2,1H3. The van der Waals surface area contributed by atoms with Gasteiger partial charge in [0.05, 0.1) is 6.10 Å². The minimum absolute atomic E-state index is 0.301. The van der Waals surface area contributed by atoms with Crippen molar-refractivity contribution in [3.8, 4) is 0 Å². The molecule has 1 nitrogen and oxygen atoms in total. The van der Waals surface area contributed by atoms with Crippen molar-refractivity contribution >= 4 is 22.7 Å². The molecule has 0 fully saturated rings. The summed E-state index contributed by atoms with van der Waals surface area (Å²) in [6.07, 6.45) is 1.48. The van der Waals surface area contributed by atoms with Crippen molar-refractivity contribution in [1.29, 1.82) is 0 Å². The summed E-state index contributed by atoms with van der Waals surface area (Å²) in [4.78, 5) is 1.12. The van der Waals surface area contributed by atoms with E-state index in [2.05, 4.69) is 29.8 Å². The third kappa shape index (κ3) is 2.68. The van der Waals surface area contributed by atoms with Crippen LogP contribution < -0.4 is 0 Å². The van der Waals surface area contributed by atoms with Gasteiger partial charge in [0, 0.05) is 4.88 Å². The molecule has 0 aliphatic carbocycles. The van der Waals surface area contributed by atoms with Crippen LogP contribution in [0.2, 0.25) is 0 Å². The Labute approximate surface area is 98.0 Å². The fourth-order valence-corrected chi connectivity index (χ4v) is 3.25. The lowest BCUT2D eigenvalue weighted by Gasteiger charge is -2.08. The lowest BCUT2D eigenvalue weighted by Crippen LogP contribution is -1.98. The van der Waals surface area contributed by atoms with Gasteiger partial charge in [-0.25, -0.2) is 0 Å². The molecule has 2 heterocycles. The van der Waals surface area contributed by atoms with Gasteiger partial charge in [0.25, 0.3) is 0 Å². The molecule has 3 heteroatoms. The first-order chi connectivity index (χ1) is 7.27. The molecular formula is C12H14OS2. The monoisotopic (exact) mass is 238 g/mol. The molecule has 15 heavy (non-hydrogen) atoms. The lowest BCUT2D eigenvalue weighted by atomic mass is 10.1. The van der Waals surface area contributed by atoms with Crippen molar-refractivity contribution in [3.05, 3.63) is 44.3 Å². The van der Waals surface area contributed by atoms with Crippen LogP contribution >= 0.6 is 22.7 Å². The van der Waals surface area contributed by atoms with Gasteiger partial charge in [0.15, 0.2) is 0 Å². The SMILES string of the molecule is Cc1ccsc1C(O)CCc1ccsc1. The van der Waals surface area contributed by atoms with E-state index in [1.54, 1.807) is 22.7 Å². The molecule has 0 amide bonds. The topological polar surface area (TPSA) is 20.2 Å². The second-order valence-corrected chi connectivity index (χ2v) is 5.38. The average molecular weight is 238 g/mol. The van der Waals surface area contributed by atoms with Crippen LogP contribution in [0.3, 0.4) is 0 Å². The number of aliphatic hydroxyl groups excluding tert-OH is 1. The molecule has 1 unspecified atom stereocenters. The fourth-order valence-electron chi connectivity index (χ4n) is 1.60. The highest BCUT2D eigenvalue weighted by Gasteiger charge is 2.11. The Morgan fingerprint density at radius 2 is 2.20 bits per heavy atom. The molecule has 0 radical (unpaired) electrons. The summed E-state index contributed by atoms with van der Waals surface area (Å²) in [7, 11) is 0. The number of rotatable bonds is 4. The Balaban J connectivity index is 1.93. The van der Waals surface area contributed by atoms with Crippen molar-refractivity contribution in [2.75, 3.05) is 0 Å². The van der Waals surface area contributed by atoms with Gasteiger partial charge in [-0.1, -0.05) is 0 Å². The number of aryl methyl sites for hydroxylation is 2. The van der Waals surface area contributed by atoms with E-state index in [1.165, 1.54) is 11.1 Å². The zero-order chi connectivity index (χ0) is 10.7. The molecule has 1 atom stereocenters. The average Bonchev–Trinajstić information content (AvgIpc) is 2.84. The van der Waals surface area contributed by atoms with Crippen LogP contribution in [-0.4, -0.2) is 5.11 Å². The van der Waals surface area contributed by atoms with Crippen LogP contribution in [0.15, 0.2) is 28.3 Å². The van der Waals surface area contributed by atoms with Crippen molar-refractivity contribution < 1.29 is 5.11 Å². The number of aliphatic hydroxyl groups is 1. The van der Waals surface area contributed by atoms with Gasteiger partial charge in [0.1, 0.15) is 0 Å². The Morgan fingerprint density at radius 3 is 2.80 bits per heavy atom. The van der Waals surface area contributed by atoms with Crippen LogP contribution in [-0.2, 0) is 6.42 Å². The van der Waals surface area contributed by atoms with E-state index in [4.69, 9.17) is 0 Å². The Bertz CT molecular complexity index is 403. The second-order valence-electron chi connectivity index (χ2n) is 3.65. The molecule has 2 aromatic rings. The molecule has 2 rings (SSSR count). The maximum absolute atomic E-state index is 10.0. The maximum Gasteiger partial charge on any atom is 0.0887 e. The van der Waals surface area contributed by atoms with E-state index in [0.717, 1.165) is 17.7 Å². The first-order valence-corrected chi connectivity index (χ1v) is 6.83. The molecule has 0 aliphatic heterocycles. The highest BCUT2D eigenvalue weighted by molar-refractivity contribution is 7.10. The molecule has 0 bridgehead atoms. The van der Waals surface area contributed by atoms with E-state index in [0.29, 0.717) is 0 Å². The summed E-state index contributed by atoms with van der Waals surface area (Å²) >= 11 is 3.36. The van der Waals surface area contributed by atoms with Gasteiger partial charge >= 0.3 is 0 Å². The largest absolute Gasteiger partial charge is 0.388 e. The van der Waals surface area contributed by atoms with E-state index < -0.39 is 0 Å². The number of hydrogen-bond donors (Lipinski definition) is 1. The molecular weight excluding hydrogens is 224 g/mol. The van der Waals surface area contributed by atoms with Crippen LogP contribution in [0.4, 0.5) is 0 Å². The summed E-state index contributed by atoms with van der Waals surface area (Å²) in [5, 5.41) is 16.3. The molecule has 1 N–H and O–H groups in total. The van der Waals surface area contributed by atoms with Gasteiger partial charge in [0.2, 0.25) is 0 Å². The molecule has 80 valence electrons. The molecule has 0 aliphatic rings. The van der Waals surface area contributed by atoms with Crippen LogP contribution in [0.25, 0.3) is 0 Å². The summed E-state index contributed by atoms with van der Waals surface area (Å²) < 4.78 is 0. The summed E-state index contributed by atoms with van der Waals surface area (Å²) in [6, 6.07) is 4.19. The summed E-state index contributed by atoms with van der Waals surface area (Å²) in [5.74, 6) is 0. The van der Waals surface area contributed by atoms with E-state index in [9.17, 15) is 5.11 Å². The Morgan fingerprint density at radius 1 is 1.33 bits per heavy atom. The van der Waals surface area contributed by atoms with Crippen molar-refractivity contribution in [1.82, 2.24) is 0 Å². The highest BCUT2D eigenvalue weighted by atomic mass is 32.1. The van der Waals surface area contributed by atoms with Gasteiger partial charge in [-0.05, 0) is 59.2 Å². The highest BCUT2D eigenvalue weighted by Crippen LogP contribution is 2.27. The quantitative estimate of drug-likeness (QED) is 0.859. The zero-order valence-corrected chi connectivity index (χ0v) is 10.3. The fraction of sp³-hybridized carbons (Fsp3) is 0.333. The van der Waals surface area contributed by atoms with Crippen LogP contribution in [0.1, 0.15) is 28.5 Å².